The zero-order valence-electron chi connectivity index (χ0n) is 15.2. The van der Waals surface area contributed by atoms with Crippen molar-refractivity contribution in [2.45, 2.75) is 6.92 Å². The zero-order chi connectivity index (χ0) is 20.9. The summed E-state index contributed by atoms with van der Waals surface area (Å²) in [6.07, 6.45) is 0.827. The molecule has 28 heavy (non-hydrogen) atoms. The number of halogens is 3. The molecule has 0 heterocycles. The van der Waals surface area contributed by atoms with Crippen molar-refractivity contribution in [2.75, 3.05) is 30.3 Å². The smallest absolute Gasteiger partial charge is 0.240 e. The quantitative estimate of drug-likeness (QED) is 0.651. The third-order valence-corrected chi connectivity index (χ3v) is 5.24. The number of nitrogens with zero attached hydrogens (tertiary/aromatic N) is 1. The number of hydrogen-bond donors (Lipinski definition) is 1. The minimum absolute atomic E-state index is 0.0911. The van der Waals surface area contributed by atoms with Gasteiger partial charge in [0.15, 0.2) is 0 Å². The van der Waals surface area contributed by atoms with E-state index in [9.17, 15) is 22.0 Å². The maximum Gasteiger partial charge on any atom is 0.240 e. The Morgan fingerprint density at radius 1 is 1.21 bits per heavy atom. The van der Waals surface area contributed by atoms with Crippen molar-refractivity contribution in [1.82, 2.24) is 5.32 Å². The van der Waals surface area contributed by atoms with Crippen LogP contribution in [0.4, 0.5) is 14.5 Å². The molecule has 0 atom stereocenters. The van der Waals surface area contributed by atoms with Gasteiger partial charge >= 0.3 is 0 Å². The van der Waals surface area contributed by atoms with Crippen LogP contribution in [0, 0.1) is 18.6 Å². The van der Waals surface area contributed by atoms with E-state index in [1.54, 1.807) is 18.2 Å². The Kier molecular flexibility index (Phi) is 7.20. The second-order valence-corrected chi connectivity index (χ2v) is 8.29. The zero-order valence-corrected chi connectivity index (χ0v) is 16.8. The highest BCUT2D eigenvalue weighted by Gasteiger charge is 2.23. The highest BCUT2D eigenvalue weighted by molar-refractivity contribution is 7.92. The molecule has 152 valence electrons. The van der Waals surface area contributed by atoms with E-state index in [0.29, 0.717) is 21.1 Å². The van der Waals surface area contributed by atoms with Crippen LogP contribution in [-0.2, 0) is 14.8 Å². The molecule has 0 fully saturated rings. The maximum atomic E-state index is 13.9. The number of rotatable bonds is 8. The van der Waals surface area contributed by atoms with E-state index in [0.717, 1.165) is 24.0 Å². The fraction of sp³-hybridized carbons (Fsp3) is 0.278. The van der Waals surface area contributed by atoms with Gasteiger partial charge in [0.2, 0.25) is 15.9 Å². The number of carbonyl (C=O) groups excluding carboxylic acids is 1. The third kappa shape index (κ3) is 6.07. The second-order valence-electron chi connectivity index (χ2n) is 5.97. The number of aryl methyl sites for hydroxylation is 1. The topological polar surface area (TPSA) is 75.7 Å². The molecule has 0 aromatic heterocycles. The van der Waals surface area contributed by atoms with E-state index in [1.807, 2.05) is 6.92 Å². The Morgan fingerprint density at radius 2 is 1.93 bits per heavy atom. The standard InChI is InChI=1S/C18H19ClF2N2O4S/c1-12-3-5-14(10-15(12)19)27-8-7-22-18(24)11-23(28(2,25)26)17-6-4-13(20)9-16(17)21/h3-6,9-10H,7-8,11H2,1-2H3,(H,22,24). The van der Waals surface area contributed by atoms with Crippen LogP contribution in [0.5, 0.6) is 5.75 Å². The minimum atomic E-state index is -3.97. The van der Waals surface area contributed by atoms with Crippen molar-refractivity contribution in [2.24, 2.45) is 0 Å². The normalized spacial score (nSPS) is 11.2. The van der Waals surface area contributed by atoms with Gasteiger partial charge in [-0.3, -0.25) is 9.10 Å². The van der Waals surface area contributed by atoms with Gasteiger partial charge in [-0.25, -0.2) is 17.2 Å². The molecule has 10 heteroatoms. The first-order valence-corrected chi connectivity index (χ1v) is 10.4. The first-order chi connectivity index (χ1) is 13.1. The molecule has 0 aliphatic rings. The second kappa shape index (κ2) is 9.20. The lowest BCUT2D eigenvalue weighted by molar-refractivity contribution is -0.119. The van der Waals surface area contributed by atoms with E-state index >= 15 is 0 Å². The Bertz CT molecular complexity index is 970. The first kappa shape index (κ1) is 21.9. The van der Waals surface area contributed by atoms with Gasteiger partial charge in [0.1, 0.15) is 30.5 Å². The van der Waals surface area contributed by atoms with Crippen LogP contribution < -0.4 is 14.4 Å². The van der Waals surface area contributed by atoms with E-state index < -0.39 is 39.8 Å². The molecule has 6 nitrogen and oxygen atoms in total. The average molecular weight is 433 g/mol. The molecule has 0 saturated carbocycles. The number of ether oxygens (including phenoxy) is 1. The van der Waals surface area contributed by atoms with Crippen molar-refractivity contribution in [3.05, 3.63) is 58.6 Å². The molecule has 0 saturated heterocycles. The number of hydrogen-bond acceptors (Lipinski definition) is 4. The predicted octanol–water partition coefficient (Wildman–Crippen LogP) is 2.89. The monoisotopic (exact) mass is 432 g/mol. The van der Waals surface area contributed by atoms with Crippen LogP contribution in [0.15, 0.2) is 36.4 Å². The van der Waals surface area contributed by atoms with E-state index in [-0.39, 0.29) is 13.2 Å². The molecule has 0 unspecified atom stereocenters. The van der Waals surface area contributed by atoms with Crippen LogP contribution in [0.3, 0.4) is 0 Å². The summed E-state index contributed by atoms with van der Waals surface area (Å²) in [6, 6.07) is 7.58. The largest absolute Gasteiger partial charge is 0.492 e. The van der Waals surface area contributed by atoms with Crippen molar-refractivity contribution < 1.29 is 26.7 Å². The number of sulfonamides is 1. The molecule has 2 aromatic rings. The Labute approximate surface area is 167 Å². The number of amides is 1. The molecular formula is C18H19ClF2N2O4S. The molecule has 0 aliphatic carbocycles. The Morgan fingerprint density at radius 3 is 2.54 bits per heavy atom. The number of nitrogens with one attached hydrogen (secondary N) is 1. The third-order valence-electron chi connectivity index (χ3n) is 3.70. The Balaban J connectivity index is 1.94. The summed E-state index contributed by atoms with van der Waals surface area (Å²) in [5, 5.41) is 3.03. The van der Waals surface area contributed by atoms with Crippen molar-refractivity contribution in [1.29, 1.82) is 0 Å². The maximum absolute atomic E-state index is 13.9. The van der Waals surface area contributed by atoms with Gasteiger partial charge in [-0.05, 0) is 36.8 Å². The first-order valence-electron chi connectivity index (χ1n) is 8.16. The van der Waals surface area contributed by atoms with E-state index in [1.165, 1.54) is 0 Å². The summed E-state index contributed by atoms with van der Waals surface area (Å²) in [4.78, 5) is 12.1. The summed E-state index contributed by atoms with van der Waals surface area (Å²) in [6.45, 7) is 1.41. The van der Waals surface area contributed by atoms with Gasteiger partial charge in [0.05, 0.1) is 18.5 Å². The molecule has 0 radical (unpaired) electrons. The van der Waals surface area contributed by atoms with Crippen LogP contribution >= 0.6 is 11.6 Å². The predicted molar refractivity (Wildman–Crippen MR) is 103 cm³/mol. The molecule has 1 N–H and O–H groups in total. The van der Waals surface area contributed by atoms with Gasteiger partial charge in [0.25, 0.3) is 0 Å². The van der Waals surface area contributed by atoms with Gasteiger partial charge in [-0.15, -0.1) is 0 Å². The summed E-state index contributed by atoms with van der Waals surface area (Å²) < 4.78 is 56.9. The van der Waals surface area contributed by atoms with Crippen molar-refractivity contribution in [3.8, 4) is 5.75 Å². The lowest BCUT2D eigenvalue weighted by Gasteiger charge is -2.22. The molecule has 1 amide bonds. The van der Waals surface area contributed by atoms with Gasteiger partial charge in [0, 0.05) is 11.1 Å². The van der Waals surface area contributed by atoms with Crippen LogP contribution in [-0.4, -0.2) is 40.3 Å². The van der Waals surface area contributed by atoms with E-state index in [4.69, 9.17) is 16.3 Å². The molecule has 2 rings (SSSR count). The molecule has 0 aliphatic heterocycles. The summed E-state index contributed by atoms with van der Waals surface area (Å²) in [5.74, 6) is -2.08. The molecule has 0 bridgehead atoms. The molecular weight excluding hydrogens is 414 g/mol. The lowest BCUT2D eigenvalue weighted by Crippen LogP contribution is -2.41. The van der Waals surface area contributed by atoms with Crippen molar-refractivity contribution >= 4 is 33.2 Å². The summed E-state index contributed by atoms with van der Waals surface area (Å²) in [7, 11) is -3.97. The molecule has 2 aromatic carbocycles. The summed E-state index contributed by atoms with van der Waals surface area (Å²) >= 11 is 5.99. The SMILES string of the molecule is Cc1ccc(OCCNC(=O)CN(c2ccc(F)cc2F)S(C)(=O)=O)cc1Cl. The van der Waals surface area contributed by atoms with Gasteiger partial charge in [-0.1, -0.05) is 17.7 Å². The lowest BCUT2D eigenvalue weighted by atomic mass is 10.2. The summed E-state index contributed by atoms with van der Waals surface area (Å²) in [5.41, 5.74) is 0.487. The highest BCUT2D eigenvalue weighted by Crippen LogP contribution is 2.23. The van der Waals surface area contributed by atoms with Crippen LogP contribution in [0.1, 0.15) is 5.56 Å². The number of benzene rings is 2. The Hall–Kier alpha value is -2.39. The van der Waals surface area contributed by atoms with Crippen LogP contribution in [0.2, 0.25) is 5.02 Å². The fourth-order valence-electron chi connectivity index (χ4n) is 2.27. The van der Waals surface area contributed by atoms with Gasteiger partial charge in [-0.2, -0.15) is 0 Å². The fourth-order valence-corrected chi connectivity index (χ4v) is 3.30. The molecule has 0 spiro atoms. The van der Waals surface area contributed by atoms with Crippen LogP contribution in [0.25, 0.3) is 0 Å². The average Bonchev–Trinajstić information content (AvgIpc) is 2.59. The van der Waals surface area contributed by atoms with Crippen molar-refractivity contribution in [3.63, 3.8) is 0 Å². The van der Waals surface area contributed by atoms with E-state index in [2.05, 4.69) is 5.32 Å². The number of carbonyl (C=O) groups is 1. The number of anilines is 1. The minimum Gasteiger partial charge on any atom is -0.492 e. The van der Waals surface area contributed by atoms with Gasteiger partial charge < -0.3 is 10.1 Å². The highest BCUT2D eigenvalue weighted by atomic mass is 35.5.